The van der Waals surface area contributed by atoms with Crippen LogP contribution in [-0.2, 0) is 9.53 Å². The van der Waals surface area contributed by atoms with Crippen molar-refractivity contribution >= 4 is 23.3 Å². The van der Waals surface area contributed by atoms with Crippen LogP contribution < -0.4 is 11.1 Å². The standard InChI is InChI=1S/C13H17FN2O4/c1-6(2)11(13(19)20-3)16-10-5-8(14)7(12(17)18)4-9(10)15/h4-6,11,16H,15H2,1-3H3,(H,17,18). The zero-order valence-corrected chi connectivity index (χ0v) is 11.4. The number of nitrogen functional groups attached to an aromatic ring is 1. The number of hydrogen-bond donors (Lipinski definition) is 3. The Hall–Kier alpha value is -2.31. The van der Waals surface area contributed by atoms with E-state index in [4.69, 9.17) is 10.8 Å². The average Bonchev–Trinajstić information content (AvgIpc) is 2.37. The fourth-order valence-electron chi connectivity index (χ4n) is 1.67. The number of carboxylic acid groups (broad SMARTS) is 1. The van der Waals surface area contributed by atoms with E-state index >= 15 is 0 Å². The highest BCUT2D eigenvalue weighted by atomic mass is 19.1. The van der Waals surface area contributed by atoms with Gasteiger partial charge in [0, 0.05) is 0 Å². The van der Waals surface area contributed by atoms with Crippen LogP contribution in [0.2, 0.25) is 0 Å². The van der Waals surface area contributed by atoms with Gasteiger partial charge >= 0.3 is 11.9 Å². The first-order valence-corrected chi connectivity index (χ1v) is 5.94. The van der Waals surface area contributed by atoms with Crippen LogP contribution in [0.15, 0.2) is 12.1 Å². The molecular weight excluding hydrogens is 267 g/mol. The molecule has 110 valence electrons. The Morgan fingerprint density at radius 2 is 2.00 bits per heavy atom. The van der Waals surface area contributed by atoms with Gasteiger partial charge < -0.3 is 20.9 Å². The number of benzene rings is 1. The summed E-state index contributed by atoms with van der Waals surface area (Å²) in [6.07, 6.45) is 0. The van der Waals surface area contributed by atoms with Crippen molar-refractivity contribution < 1.29 is 23.8 Å². The van der Waals surface area contributed by atoms with Gasteiger partial charge in [-0.3, -0.25) is 0 Å². The Morgan fingerprint density at radius 3 is 2.45 bits per heavy atom. The van der Waals surface area contributed by atoms with Gasteiger partial charge in [0.25, 0.3) is 0 Å². The lowest BCUT2D eigenvalue weighted by atomic mass is 10.0. The summed E-state index contributed by atoms with van der Waals surface area (Å²) in [4.78, 5) is 22.4. The normalized spacial score (nSPS) is 12.1. The lowest BCUT2D eigenvalue weighted by Gasteiger charge is -2.22. The monoisotopic (exact) mass is 284 g/mol. The molecule has 6 nitrogen and oxygen atoms in total. The van der Waals surface area contributed by atoms with Crippen LogP contribution >= 0.6 is 0 Å². The van der Waals surface area contributed by atoms with Gasteiger partial charge in [-0.1, -0.05) is 13.8 Å². The van der Waals surface area contributed by atoms with E-state index in [-0.39, 0.29) is 17.3 Å². The van der Waals surface area contributed by atoms with E-state index in [2.05, 4.69) is 10.1 Å². The molecule has 7 heteroatoms. The number of halogens is 1. The van der Waals surface area contributed by atoms with E-state index in [1.807, 2.05) is 0 Å². The maximum atomic E-state index is 13.6. The number of carbonyl (C=O) groups is 2. The summed E-state index contributed by atoms with van der Waals surface area (Å²) in [5.74, 6) is -2.97. The minimum absolute atomic E-state index is 0.0401. The Labute approximate surface area is 115 Å². The summed E-state index contributed by atoms with van der Waals surface area (Å²) < 4.78 is 18.3. The van der Waals surface area contributed by atoms with Gasteiger partial charge in [0.15, 0.2) is 0 Å². The van der Waals surface area contributed by atoms with Crippen LogP contribution in [-0.4, -0.2) is 30.2 Å². The van der Waals surface area contributed by atoms with Crippen LogP contribution in [0.5, 0.6) is 0 Å². The number of rotatable bonds is 5. The molecule has 0 bridgehead atoms. The van der Waals surface area contributed by atoms with Crippen molar-refractivity contribution in [2.24, 2.45) is 5.92 Å². The third-order valence-corrected chi connectivity index (χ3v) is 2.80. The van der Waals surface area contributed by atoms with E-state index in [1.54, 1.807) is 13.8 Å². The zero-order valence-electron chi connectivity index (χ0n) is 11.4. The Kier molecular flexibility index (Phi) is 4.90. The number of esters is 1. The second-order valence-electron chi connectivity index (χ2n) is 4.61. The first-order valence-electron chi connectivity index (χ1n) is 5.94. The van der Waals surface area contributed by atoms with Gasteiger partial charge in [0.05, 0.1) is 24.0 Å². The van der Waals surface area contributed by atoms with E-state index in [0.717, 1.165) is 12.1 Å². The van der Waals surface area contributed by atoms with E-state index < -0.39 is 29.4 Å². The number of hydrogen-bond acceptors (Lipinski definition) is 5. The first kappa shape index (κ1) is 15.7. The van der Waals surface area contributed by atoms with Crippen molar-refractivity contribution in [2.75, 3.05) is 18.2 Å². The summed E-state index contributed by atoms with van der Waals surface area (Å²) in [6.45, 7) is 3.57. The van der Waals surface area contributed by atoms with Gasteiger partial charge in [0.1, 0.15) is 11.9 Å². The largest absolute Gasteiger partial charge is 0.478 e. The molecule has 0 spiro atoms. The molecule has 0 fully saturated rings. The van der Waals surface area contributed by atoms with Crippen molar-refractivity contribution in [2.45, 2.75) is 19.9 Å². The van der Waals surface area contributed by atoms with Crippen LogP contribution in [0.4, 0.5) is 15.8 Å². The van der Waals surface area contributed by atoms with Crippen molar-refractivity contribution in [3.8, 4) is 0 Å². The number of ether oxygens (including phenoxy) is 1. The topological polar surface area (TPSA) is 102 Å². The molecule has 0 saturated heterocycles. The van der Waals surface area contributed by atoms with Gasteiger partial charge in [-0.05, 0) is 18.1 Å². The fourth-order valence-corrected chi connectivity index (χ4v) is 1.67. The average molecular weight is 284 g/mol. The van der Waals surface area contributed by atoms with Gasteiger partial charge in [0.2, 0.25) is 0 Å². The maximum Gasteiger partial charge on any atom is 0.338 e. The van der Waals surface area contributed by atoms with Crippen LogP contribution in [0.1, 0.15) is 24.2 Å². The van der Waals surface area contributed by atoms with Gasteiger partial charge in [-0.25, -0.2) is 14.0 Å². The molecule has 0 amide bonds. The SMILES string of the molecule is COC(=O)C(Nc1cc(F)c(C(=O)O)cc1N)C(C)C. The number of nitrogens with two attached hydrogens (primary N) is 1. The van der Waals surface area contributed by atoms with Crippen molar-refractivity contribution in [3.63, 3.8) is 0 Å². The Balaban J connectivity index is 3.11. The summed E-state index contributed by atoms with van der Waals surface area (Å²) >= 11 is 0. The van der Waals surface area contributed by atoms with E-state index in [1.165, 1.54) is 7.11 Å². The zero-order chi connectivity index (χ0) is 15.4. The summed E-state index contributed by atoms with van der Waals surface area (Å²) in [7, 11) is 1.25. The summed E-state index contributed by atoms with van der Waals surface area (Å²) in [6, 6.07) is 1.25. The molecule has 0 aliphatic rings. The second kappa shape index (κ2) is 6.23. The number of aromatic carboxylic acids is 1. The number of anilines is 2. The Bertz CT molecular complexity index is 531. The summed E-state index contributed by atoms with van der Waals surface area (Å²) in [5, 5.41) is 11.6. The van der Waals surface area contributed by atoms with E-state index in [9.17, 15) is 14.0 Å². The highest BCUT2D eigenvalue weighted by Crippen LogP contribution is 2.25. The smallest absolute Gasteiger partial charge is 0.338 e. The minimum atomic E-state index is -1.41. The third kappa shape index (κ3) is 3.37. The maximum absolute atomic E-state index is 13.6. The second-order valence-corrected chi connectivity index (χ2v) is 4.61. The molecule has 0 aromatic heterocycles. The number of carbonyl (C=O) groups excluding carboxylic acids is 1. The number of carboxylic acids is 1. The molecule has 0 saturated carbocycles. The molecule has 1 aromatic carbocycles. The fraction of sp³-hybridized carbons (Fsp3) is 0.385. The van der Waals surface area contributed by atoms with Crippen molar-refractivity contribution in [1.82, 2.24) is 0 Å². The molecular formula is C13H17FN2O4. The third-order valence-electron chi connectivity index (χ3n) is 2.80. The predicted molar refractivity (Wildman–Crippen MR) is 72.0 cm³/mol. The van der Waals surface area contributed by atoms with Crippen LogP contribution in [0.25, 0.3) is 0 Å². The lowest BCUT2D eigenvalue weighted by molar-refractivity contribution is -0.142. The molecule has 1 rings (SSSR count). The number of nitrogens with one attached hydrogen (secondary N) is 1. The molecule has 1 unspecified atom stereocenters. The van der Waals surface area contributed by atoms with Gasteiger partial charge in [-0.15, -0.1) is 0 Å². The minimum Gasteiger partial charge on any atom is -0.478 e. The lowest BCUT2D eigenvalue weighted by Crippen LogP contribution is -2.35. The predicted octanol–water partition coefficient (Wildman–Crippen LogP) is 1.72. The van der Waals surface area contributed by atoms with E-state index in [0.29, 0.717) is 0 Å². The molecule has 0 heterocycles. The number of methoxy groups -OCH3 is 1. The molecule has 4 N–H and O–H groups in total. The molecule has 1 aromatic rings. The molecule has 0 aliphatic heterocycles. The molecule has 1 atom stereocenters. The highest BCUT2D eigenvalue weighted by molar-refractivity contribution is 5.91. The highest BCUT2D eigenvalue weighted by Gasteiger charge is 2.24. The van der Waals surface area contributed by atoms with Crippen LogP contribution in [0.3, 0.4) is 0 Å². The van der Waals surface area contributed by atoms with Gasteiger partial charge in [-0.2, -0.15) is 0 Å². The molecule has 20 heavy (non-hydrogen) atoms. The quantitative estimate of drug-likeness (QED) is 0.562. The van der Waals surface area contributed by atoms with Crippen molar-refractivity contribution in [1.29, 1.82) is 0 Å². The Morgan fingerprint density at radius 1 is 1.40 bits per heavy atom. The van der Waals surface area contributed by atoms with Crippen molar-refractivity contribution in [3.05, 3.63) is 23.5 Å². The molecule has 0 radical (unpaired) electrons. The molecule has 0 aliphatic carbocycles. The first-order chi connectivity index (χ1) is 9.27. The van der Waals surface area contributed by atoms with Crippen LogP contribution in [0, 0.1) is 11.7 Å². The summed E-state index contributed by atoms with van der Waals surface area (Å²) in [5.41, 5.74) is 5.34.